The van der Waals surface area contributed by atoms with E-state index < -0.39 is 5.97 Å². The average Bonchev–Trinajstić information content (AvgIpc) is 3.27. The maximum Gasteiger partial charge on any atom is 0.305 e. The molecule has 162 valence electrons. The molecule has 0 aliphatic rings. The molecule has 8 heteroatoms. The van der Waals surface area contributed by atoms with Crippen LogP contribution in [0.1, 0.15) is 29.3 Å². The van der Waals surface area contributed by atoms with Gasteiger partial charge in [0.2, 0.25) is 0 Å². The number of nitrogens with zero attached hydrogens (tertiary/aromatic N) is 2. The smallest absolute Gasteiger partial charge is 0.305 e. The number of carboxylic acids is 1. The Morgan fingerprint density at radius 3 is 2.65 bits per heavy atom. The minimum atomic E-state index is -0.938. The highest BCUT2D eigenvalue weighted by molar-refractivity contribution is 7.14. The number of rotatable bonds is 10. The molecular weight excluding hydrogens is 414 g/mol. The number of thiazole rings is 1. The zero-order chi connectivity index (χ0) is 22.2. The molecule has 2 aromatic carbocycles. The number of ether oxygens (including phenoxy) is 1. The number of aliphatic carboxylic acids is 1. The van der Waals surface area contributed by atoms with Crippen molar-refractivity contribution in [1.82, 2.24) is 10.3 Å². The van der Waals surface area contributed by atoms with Gasteiger partial charge < -0.3 is 20.1 Å². The first-order valence-corrected chi connectivity index (χ1v) is 10.8. The third-order valence-electron chi connectivity index (χ3n) is 4.72. The van der Waals surface area contributed by atoms with Gasteiger partial charge in [-0.25, -0.2) is 4.98 Å². The molecule has 0 bridgehead atoms. The van der Waals surface area contributed by atoms with Crippen LogP contribution in [0.3, 0.4) is 0 Å². The van der Waals surface area contributed by atoms with E-state index in [1.54, 1.807) is 30.6 Å². The second-order valence-corrected chi connectivity index (χ2v) is 7.69. The molecule has 2 N–H and O–H groups in total. The Morgan fingerprint density at radius 2 is 1.97 bits per heavy atom. The summed E-state index contributed by atoms with van der Waals surface area (Å²) in [6.45, 7) is 3.65. The zero-order valence-electron chi connectivity index (χ0n) is 17.5. The minimum absolute atomic E-state index is 0.0964. The number of benzene rings is 2. The largest absolute Gasteiger partial charge is 0.497 e. The average molecular weight is 440 g/mol. The summed E-state index contributed by atoms with van der Waals surface area (Å²) < 4.78 is 5.30. The van der Waals surface area contributed by atoms with E-state index in [-0.39, 0.29) is 18.9 Å². The first-order chi connectivity index (χ1) is 15.0. The molecule has 0 aliphatic heterocycles. The fraction of sp³-hybridized carbons (Fsp3) is 0.261. The normalized spacial score (nSPS) is 10.5. The first-order valence-electron chi connectivity index (χ1n) is 9.94. The van der Waals surface area contributed by atoms with Gasteiger partial charge in [-0.05, 0) is 36.8 Å². The van der Waals surface area contributed by atoms with Crippen molar-refractivity contribution in [2.75, 3.05) is 25.1 Å². The van der Waals surface area contributed by atoms with Gasteiger partial charge in [-0.3, -0.25) is 9.59 Å². The lowest BCUT2D eigenvalue weighted by atomic mass is 10.1. The van der Waals surface area contributed by atoms with E-state index in [4.69, 9.17) is 14.8 Å². The van der Waals surface area contributed by atoms with E-state index in [2.05, 4.69) is 17.1 Å². The summed E-state index contributed by atoms with van der Waals surface area (Å²) in [6.07, 6.45) is -0.0964. The number of carbonyl (C=O) groups excluding carboxylic acids is 1. The van der Waals surface area contributed by atoms with E-state index in [1.807, 2.05) is 41.8 Å². The molecule has 7 nitrogen and oxygen atoms in total. The van der Waals surface area contributed by atoms with Gasteiger partial charge in [-0.15, -0.1) is 11.3 Å². The number of amides is 1. The summed E-state index contributed by atoms with van der Waals surface area (Å²) in [5, 5.41) is 14.2. The molecule has 0 atom stereocenters. The fourth-order valence-corrected chi connectivity index (χ4v) is 3.91. The minimum Gasteiger partial charge on any atom is -0.497 e. The van der Waals surface area contributed by atoms with Crippen molar-refractivity contribution >= 4 is 28.3 Å². The van der Waals surface area contributed by atoms with Gasteiger partial charge >= 0.3 is 5.97 Å². The predicted molar refractivity (Wildman–Crippen MR) is 122 cm³/mol. The van der Waals surface area contributed by atoms with Gasteiger partial charge in [0, 0.05) is 36.1 Å². The Hall–Kier alpha value is -3.39. The van der Waals surface area contributed by atoms with Crippen molar-refractivity contribution in [3.05, 3.63) is 65.0 Å². The van der Waals surface area contributed by atoms with E-state index in [9.17, 15) is 9.59 Å². The quantitative estimate of drug-likeness (QED) is 0.495. The van der Waals surface area contributed by atoms with Gasteiger partial charge in [0.15, 0.2) is 5.13 Å². The number of carboxylic acid groups (broad SMARTS) is 1. The zero-order valence-corrected chi connectivity index (χ0v) is 18.3. The van der Waals surface area contributed by atoms with Crippen LogP contribution in [0.2, 0.25) is 0 Å². The molecule has 0 fully saturated rings. The summed E-state index contributed by atoms with van der Waals surface area (Å²) in [5.74, 6) is -0.415. The van der Waals surface area contributed by atoms with Gasteiger partial charge in [0.05, 0.1) is 19.2 Å². The Balaban J connectivity index is 1.65. The van der Waals surface area contributed by atoms with Crippen molar-refractivity contribution in [2.45, 2.75) is 19.9 Å². The van der Waals surface area contributed by atoms with Crippen molar-refractivity contribution < 1.29 is 19.4 Å². The van der Waals surface area contributed by atoms with E-state index in [0.717, 1.165) is 34.2 Å². The van der Waals surface area contributed by atoms with Crippen molar-refractivity contribution in [1.29, 1.82) is 0 Å². The van der Waals surface area contributed by atoms with Gasteiger partial charge in [-0.2, -0.15) is 0 Å². The van der Waals surface area contributed by atoms with Gasteiger partial charge in [0.25, 0.3) is 5.91 Å². The summed E-state index contributed by atoms with van der Waals surface area (Å²) in [5.41, 5.74) is 3.48. The number of aromatic nitrogens is 1. The molecule has 1 heterocycles. The van der Waals surface area contributed by atoms with E-state index in [1.165, 1.54) is 0 Å². The molecule has 0 saturated carbocycles. The van der Waals surface area contributed by atoms with Crippen LogP contribution in [0, 0.1) is 0 Å². The Morgan fingerprint density at radius 1 is 1.19 bits per heavy atom. The van der Waals surface area contributed by atoms with Crippen LogP contribution in [-0.4, -0.2) is 42.2 Å². The Bertz CT molecular complexity index is 1030. The highest BCUT2D eigenvalue weighted by Gasteiger charge is 2.13. The molecule has 1 amide bonds. The van der Waals surface area contributed by atoms with Gasteiger partial charge in [0.1, 0.15) is 5.75 Å². The van der Waals surface area contributed by atoms with Gasteiger partial charge in [-0.1, -0.05) is 24.3 Å². The molecule has 3 rings (SSSR count). The molecule has 0 unspecified atom stereocenters. The molecule has 0 radical (unpaired) electrons. The van der Waals surface area contributed by atoms with Crippen molar-refractivity contribution in [2.24, 2.45) is 0 Å². The highest BCUT2D eigenvalue weighted by atomic mass is 32.1. The fourth-order valence-electron chi connectivity index (χ4n) is 3.01. The van der Waals surface area contributed by atoms with Crippen LogP contribution in [0.4, 0.5) is 5.13 Å². The van der Waals surface area contributed by atoms with E-state index in [0.29, 0.717) is 12.1 Å². The summed E-state index contributed by atoms with van der Waals surface area (Å²) in [4.78, 5) is 29.6. The second kappa shape index (κ2) is 10.6. The van der Waals surface area contributed by atoms with Crippen LogP contribution >= 0.6 is 11.3 Å². The van der Waals surface area contributed by atoms with E-state index >= 15 is 0 Å². The molecule has 0 aliphatic carbocycles. The summed E-state index contributed by atoms with van der Waals surface area (Å²) in [6, 6.07) is 15.2. The topological polar surface area (TPSA) is 91.8 Å². The lowest BCUT2D eigenvalue weighted by Gasteiger charge is -2.20. The number of hydrogen-bond donors (Lipinski definition) is 2. The number of nitrogens with one attached hydrogen (secondary N) is 1. The molecule has 3 aromatic rings. The van der Waals surface area contributed by atoms with Crippen LogP contribution in [0.5, 0.6) is 5.75 Å². The third-order valence-corrected chi connectivity index (χ3v) is 5.63. The molecule has 0 spiro atoms. The van der Waals surface area contributed by atoms with Crippen molar-refractivity contribution in [3.63, 3.8) is 0 Å². The second-order valence-electron chi connectivity index (χ2n) is 6.86. The first kappa shape index (κ1) is 22.3. The lowest BCUT2D eigenvalue weighted by Crippen LogP contribution is -2.26. The summed E-state index contributed by atoms with van der Waals surface area (Å²) >= 11 is 1.59. The van der Waals surface area contributed by atoms with Crippen LogP contribution in [0.25, 0.3) is 11.3 Å². The summed E-state index contributed by atoms with van der Waals surface area (Å²) in [7, 11) is 1.65. The number of anilines is 1. The predicted octanol–water partition coefficient (Wildman–Crippen LogP) is 4.05. The number of hydrogen-bond acceptors (Lipinski definition) is 6. The third kappa shape index (κ3) is 6.05. The molecule has 0 saturated heterocycles. The molecule has 31 heavy (non-hydrogen) atoms. The monoisotopic (exact) mass is 439 g/mol. The van der Waals surface area contributed by atoms with Crippen LogP contribution in [0.15, 0.2) is 53.9 Å². The van der Waals surface area contributed by atoms with Crippen molar-refractivity contribution in [3.8, 4) is 17.0 Å². The molecular formula is C23H25N3O4S. The van der Waals surface area contributed by atoms with Crippen LogP contribution in [-0.2, 0) is 11.3 Å². The Kier molecular flexibility index (Phi) is 7.61. The maximum atomic E-state index is 12.1. The van der Waals surface area contributed by atoms with Crippen LogP contribution < -0.4 is 15.0 Å². The maximum absolute atomic E-state index is 12.1. The lowest BCUT2D eigenvalue weighted by molar-refractivity contribution is -0.136. The highest BCUT2D eigenvalue weighted by Crippen LogP contribution is 2.30. The SMILES string of the molecule is CCN(Cc1ccc(C(=O)NCCC(=O)O)cc1)c1nc(-c2cccc(OC)c2)cs1. The number of methoxy groups -OCH3 is 1. The number of carbonyl (C=O) groups is 2. The Labute approximate surface area is 185 Å². The standard InChI is InChI=1S/C23H25N3O4S/c1-3-26(23-25-20(15-31-23)18-5-4-6-19(13-18)30-2)14-16-7-9-17(10-8-16)22(29)24-12-11-21(27)28/h4-10,13,15H,3,11-12,14H2,1-2H3,(H,24,29)(H,27,28). The molecule has 1 aromatic heterocycles.